The van der Waals surface area contributed by atoms with Crippen LogP contribution in [0.3, 0.4) is 0 Å². The molecule has 0 atom stereocenters. The third kappa shape index (κ3) is 4.58. The number of benzene rings is 3. The number of aromatic nitrogens is 2. The summed E-state index contributed by atoms with van der Waals surface area (Å²) < 4.78 is 15.7. The maximum absolute atomic E-state index is 13.6. The molecular formula is C24H20FN3O. The maximum atomic E-state index is 13.6. The smallest absolute Gasteiger partial charge is 0.244 e. The van der Waals surface area contributed by atoms with Gasteiger partial charge in [-0.05, 0) is 35.4 Å². The van der Waals surface area contributed by atoms with Gasteiger partial charge in [-0.2, -0.15) is 0 Å². The largest absolute Gasteiger partial charge is 0.348 e. The zero-order valence-electron chi connectivity index (χ0n) is 15.8. The molecule has 5 heteroatoms. The van der Waals surface area contributed by atoms with E-state index in [1.54, 1.807) is 18.2 Å². The third-order valence-corrected chi connectivity index (χ3v) is 4.69. The van der Waals surface area contributed by atoms with Crippen LogP contribution in [0.2, 0.25) is 0 Å². The van der Waals surface area contributed by atoms with Crippen LogP contribution in [0.15, 0.2) is 85.2 Å². The number of amides is 1. The number of para-hydroxylation sites is 2. The van der Waals surface area contributed by atoms with Gasteiger partial charge in [0.15, 0.2) is 0 Å². The molecule has 3 aromatic carbocycles. The van der Waals surface area contributed by atoms with Crippen LogP contribution in [-0.4, -0.2) is 15.5 Å². The van der Waals surface area contributed by atoms with Gasteiger partial charge in [-0.1, -0.05) is 54.6 Å². The fourth-order valence-electron chi connectivity index (χ4n) is 3.12. The molecule has 0 fully saturated rings. The average Bonchev–Trinajstić information content (AvgIpc) is 3.15. The second kappa shape index (κ2) is 8.52. The standard InChI is InChI=1S/C24H20FN3O/c25-21-6-2-1-5-20(21)13-14-24(29)26-15-18-9-11-19(12-10-18)16-28-17-27-22-7-3-4-8-23(22)28/h1-14,17H,15-16H2,(H,26,29). The van der Waals surface area contributed by atoms with Crippen molar-refractivity contribution in [3.05, 3.63) is 108 Å². The summed E-state index contributed by atoms with van der Waals surface area (Å²) >= 11 is 0. The first-order valence-corrected chi connectivity index (χ1v) is 9.37. The fourth-order valence-corrected chi connectivity index (χ4v) is 3.12. The third-order valence-electron chi connectivity index (χ3n) is 4.69. The van der Waals surface area contributed by atoms with Gasteiger partial charge < -0.3 is 9.88 Å². The number of fused-ring (bicyclic) bond motifs is 1. The molecule has 4 rings (SSSR count). The van der Waals surface area contributed by atoms with Crippen molar-refractivity contribution in [1.29, 1.82) is 0 Å². The Bertz CT molecular complexity index is 1160. The number of nitrogens with zero attached hydrogens (tertiary/aromatic N) is 2. The highest BCUT2D eigenvalue weighted by Crippen LogP contribution is 2.14. The molecular weight excluding hydrogens is 365 g/mol. The van der Waals surface area contributed by atoms with E-state index < -0.39 is 0 Å². The van der Waals surface area contributed by atoms with Crippen molar-refractivity contribution >= 4 is 23.0 Å². The van der Waals surface area contributed by atoms with Crippen molar-refractivity contribution in [2.24, 2.45) is 0 Å². The first-order valence-electron chi connectivity index (χ1n) is 9.37. The minimum absolute atomic E-state index is 0.262. The second-order valence-corrected chi connectivity index (χ2v) is 6.75. The highest BCUT2D eigenvalue weighted by Gasteiger charge is 2.03. The Morgan fingerprint density at radius 3 is 2.52 bits per heavy atom. The molecule has 4 nitrogen and oxygen atoms in total. The summed E-state index contributed by atoms with van der Waals surface area (Å²) in [5, 5.41) is 2.81. The molecule has 1 N–H and O–H groups in total. The van der Waals surface area contributed by atoms with Crippen LogP contribution in [0, 0.1) is 5.82 Å². The first kappa shape index (κ1) is 18.6. The van der Waals surface area contributed by atoms with Gasteiger partial charge in [0, 0.05) is 24.7 Å². The number of halogens is 1. The van der Waals surface area contributed by atoms with Gasteiger partial charge in [0.2, 0.25) is 5.91 Å². The topological polar surface area (TPSA) is 46.9 Å². The van der Waals surface area contributed by atoms with E-state index >= 15 is 0 Å². The second-order valence-electron chi connectivity index (χ2n) is 6.75. The molecule has 0 saturated heterocycles. The van der Waals surface area contributed by atoms with E-state index in [9.17, 15) is 9.18 Å². The minimum Gasteiger partial charge on any atom is -0.348 e. The zero-order valence-corrected chi connectivity index (χ0v) is 15.8. The Balaban J connectivity index is 1.33. The van der Waals surface area contributed by atoms with Gasteiger partial charge in [0.25, 0.3) is 0 Å². The van der Waals surface area contributed by atoms with Crippen LogP contribution in [-0.2, 0) is 17.9 Å². The average molecular weight is 385 g/mol. The summed E-state index contributed by atoms with van der Waals surface area (Å²) in [6.07, 6.45) is 4.67. The number of rotatable bonds is 6. The lowest BCUT2D eigenvalue weighted by molar-refractivity contribution is -0.116. The SMILES string of the molecule is O=C(C=Cc1ccccc1F)NCc1ccc(Cn2cnc3ccccc32)cc1. The van der Waals surface area contributed by atoms with Gasteiger partial charge in [0.05, 0.1) is 17.4 Å². The molecule has 0 aliphatic heterocycles. The zero-order chi connectivity index (χ0) is 20.1. The highest BCUT2D eigenvalue weighted by molar-refractivity contribution is 5.91. The molecule has 4 aromatic rings. The number of hydrogen-bond acceptors (Lipinski definition) is 2. The normalized spacial score (nSPS) is 11.2. The van der Waals surface area contributed by atoms with E-state index in [2.05, 4.69) is 20.9 Å². The van der Waals surface area contributed by atoms with Gasteiger partial charge in [-0.15, -0.1) is 0 Å². The highest BCUT2D eigenvalue weighted by atomic mass is 19.1. The minimum atomic E-state index is -0.349. The number of nitrogens with one attached hydrogen (secondary N) is 1. The van der Waals surface area contributed by atoms with Crippen molar-refractivity contribution in [2.75, 3.05) is 0 Å². The molecule has 1 amide bonds. The Morgan fingerprint density at radius 2 is 1.69 bits per heavy atom. The molecule has 0 spiro atoms. The summed E-state index contributed by atoms with van der Waals surface area (Å²) in [5.41, 5.74) is 4.62. The molecule has 0 unspecified atom stereocenters. The summed E-state index contributed by atoms with van der Waals surface area (Å²) in [6.45, 7) is 1.15. The van der Waals surface area contributed by atoms with E-state index in [-0.39, 0.29) is 11.7 Å². The summed E-state index contributed by atoms with van der Waals surface area (Å²) in [6, 6.07) is 22.5. The van der Waals surface area contributed by atoms with E-state index in [0.717, 1.165) is 28.7 Å². The quantitative estimate of drug-likeness (QED) is 0.495. The van der Waals surface area contributed by atoms with Crippen LogP contribution in [0.25, 0.3) is 17.1 Å². The van der Waals surface area contributed by atoms with Crippen LogP contribution >= 0.6 is 0 Å². The predicted molar refractivity (Wildman–Crippen MR) is 113 cm³/mol. The van der Waals surface area contributed by atoms with Crippen LogP contribution in [0.1, 0.15) is 16.7 Å². The molecule has 0 radical (unpaired) electrons. The number of carbonyl (C=O) groups is 1. The Kier molecular flexibility index (Phi) is 5.47. The number of imidazole rings is 1. The summed E-state index contributed by atoms with van der Waals surface area (Å²) in [5.74, 6) is -0.611. The van der Waals surface area contributed by atoms with Crippen LogP contribution in [0.5, 0.6) is 0 Å². The Hall–Kier alpha value is -3.73. The molecule has 0 saturated carbocycles. The fraction of sp³-hybridized carbons (Fsp3) is 0.0833. The van der Waals surface area contributed by atoms with E-state index in [1.807, 2.05) is 48.8 Å². The molecule has 0 aliphatic carbocycles. The van der Waals surface area contributed by atoms with Crippen LogP contribution in [0.4, 0.5) is 4.39 Å². The lowest BCUT2D eigenvalue weighted by atomic mass is 10.1. The van der Waals surface area contributed by atoms with E-state index in [1.165, 1.54) is 18.2 Å². The van der Waals surface area contributed by atoms with Crippen molar-refractivity contribution < 1.29 is 9.18 Å². The van der Waals surface area contributed by atoms with Gasteiger partial charge in [0.1, 0.15) is 5.82 Å². The number of carbonyl (C=O) groups excluding carboxylic acids is 1. The van der Waals surface area contributed by atoms with E-state index in [4.69, 9.17) is 0 Å². The van der Waals surface area contributed by atoms with Crippen molar-refractivity contribution in [1.82, 2.24) is 14.9 Å². The summed E-state index contributed by atoms with van der Waals surface area (Å²) in [4.78, 5) is 16.4. The maximum Gasteiger partial charge on any atom is 0.244 e. The predicted octanol–water partition coefficient (Wildman–Crippen LogP) is 4.55. The van der Waals surface area contributed by atoms with Gasteiger partial charge >= 0.3 is 0 Å². The monoisotopic (exact) mass is 385 g/mol. The molecule has 29 heavy (non-hydrogen) atoms. The van der Waals surface area contributed by atoms with Gasteiger partial charge in [-0.25, -0.2) is 9.37 Å². The van der Waals surface area contributed by atoms with Gasteiger partial charge in [-0.3, -0.25) is 4.79 Å². The van der Waals surface area contributed by atoms with Crippen molar-refractivity contribution in [3.8, 4) is 0 Å². The summed E-state index contributed by atoms with van der Waals surface area (Å²) in [7, 11) is 0. The van der Waals surface area contributed by atoms with Crippen molar-refractivity contribution in [3.63, 3.8) is 0 Å². The number of hydrogen-bond donors (Lipinski definition) is 1. The molecule has 1 aromatic heterocycles. The lowest BCUT2D eigenvalue weighted by Crippen LogP contribution is -2.20. The Morgan fingerprint density at radius 1 is 0.966 bits per heavy atom. The molecule has 144 valence electrons. The molecule has 1 heterocycles. The molecule has 0 bridgehead atoms. The van der Waals surface area contributed by atoms with Crippen molar-refractivity contribution in [2.45, 2.75) is 13.1 Å². The first-order chi connectivity index (χ1) is 14.2. The molecule has 0 aliphatic rings. The Labute approximate surface area is 168 Å². The van der Waals surface area contributed by atoms with Crippen LogP contribution < -0.4 is 5.32 Å². The lowest BCUT2D eigenvalue weighted by Gasteiger charge is -2.07. The van der Waals surface area contributed by atoms with E-state index in [0.29, 0.717) is 12.1 Å².